The molecule has 0 saturated carbocycles. The number of carbonyl (C=O) groups is 2. The number of likely N-dealkylation sites (tertiary alicyclic amines) is 1. The summed E-state index contributed by atoms with van der Waals surface area (Å²) in [5, 5.41) is 2.79. The molecule has 1 unspecified atom stereocenters. The van der Waals surface area contributed by atoms with E-state index in [1.54, 1.807) is 12.0 Å². The van der Waals surface area contributed by atoms with Gasteiger partial charge in [-0.1, -0.05) is 0 Å². The molecule has 1 aliphatic heterocycles. The van der Waals surface area contributed by atoms with Gasteiger partial charge in [-0.25, -0.2) is 0 Å². The number of ether oxygens (including phenoxy) is 1. The van der Waals surface area contributed by atoms with Crippen LogP contribution in [0.2, 0.25) is 0 Å². The molecular formula is C13H25N3O3. The van der Waals surface area contributed by atoms with E-state index in [4.69, 9.17) is 4.74 Å². The fraction of sp³-hybridized carbons (Fsp3) is 0.846. The number of nitrogens with zero attached hydrogens (tertiary/aromatic N) is 2. The second-order valence-corrected chi connectivity index (χ2v) is 5.18. The first-order valence-corrected chi connectivity index (χ1v) is 6.73. The van der Waals surface area contributed by atoms with E-state index in [1.165, 1.54) is 0 Å². The number of rotatable bonds is 8. The van der Waals surface area contributed by atoms with Crippen molar-refractivity contribution in [2.45, 2.75) is 12.8 Å². The summed E-state index contributed by atoms with van der Waals surface area (Å²) in [6.45, 7) is 3.23. The van der Waals surface area contributed by atoms with Crippen LogP contribution in [0.5, 0.6) is 0 Å². The first-order valence-electron chi connectivity index (χ1n) is 6.73. The Morgan fingerprint density at radius 2 is 2.26 bits per heavy atom. The van der Waals surface area contributed by atoms with Crippen molar-refractivity contribution >= 4 is 11.8 Å². The van der Waals surface area contributed by atoms with E-state index in [1.807, 2.05) is 14.1 Å². The minimum Gasteiger partial charge on any atom is -0.383 e. The molecule has 0 spiro atoms. The van der Waals surface area contributed by atoms with Gasteiger partial charge in [-0.3, -0.25) is 9.59 Å². The summed E-state index contributed by atoms with van der Waals surface area (Å²) in [5.41, 5.74) is 0. The fourth-order valence-electron chi connectivity index (χ4n) is 2.16. The molecule has 0 bridgehead atoms. The molecule has 0 aliphatic carbocycles. The molecule has 19 heavy (non-hydrogen) atoms. The van der Waals surface area contributed by atoms with Gasteiger partial charge in [0.05, 0.1) is 12.5 Å². The van der Waals surface area contributed by atoms with E-state index in [2.05, 4.69) is 10.2 Å². The number of hydrogen-bond acceptors (Lipinski definition) is 4. The smallest absolute Gasteiger partial charge is 0.225 e. The largest absolute Gasteiger partial charge is 0.383 e. The molecule has 0 radical (unpaired) electrons. The molecule has 0 aromatic carbocycles. The van der Waals surface area contributed by atoms with Crippen LogP contribution in [-0.4, -0.2) is 75.6 Å². The van der Waals surface area contributed by atoms with Crippen molar-refractivity contribution in [1.82, 2.24) is 15.1 Å². The van der Waals surface area contributed by atoms with E-state index < -0.39 is 0 Å². The molecule has 1 heterocycles. The molecule has 1 N–H and O–H groups in total. The minimum atomic E-state index is -0.205. The van der Waals surface area contributed by atoms with Gasteiger partial charge >= 0.3 is 0 Å². The van der Waals surface area contributed by atoms with Crippen molar-refractivity contribution in [1.29, 1.82) is 0 Å². The summed E-state index contributed by atoms with van der Waals surface area (Å²) in [5.74, 6) is -0.158. The Labute approximate surface area is 115 Å². The van der Waals surface area contributed by atoms with E-state index in [0.29, 0.717) is 26.1 Å². The zero-order valence-corrected chi connectivity index (χ0v) is 12.1. The molecular weight excluding hydrogens is 246 g/mol. The standard InChI is InChI=1S/C13H25N3O3/c1-15(2)6-4-7-16-10-11(9-12(16)17)13(18)14-5-8-19-3/h11H,4-10H2,1-3H3,(H,14,18). The molecule has 1 rings (SSSR count). The molecule has 2 amide bonds. The molecule has 1 saturated heterocycles. The van der Waals surface area contributed by atoms with Crippen LogP contribution in [0.25, 0.3) is 0 Å². The normalized spacial score (nSPS) is 19.3. The van der Waals surface area contributed by atoms with E-state index in [0.717, 1.165) is 19.5 Å². The van der Waals surface area contributed by atoms with E-state index >= 15 is 0 Å². The monoisotopic (exact) mass is 271 g/mol. The van der Waals surface area contributed by atoms with Crippen LogP contribution in [0.1, 0.15) is 12.8 Å². The van der Waals surface area contributed by atoms with Crippen LogP contribution in [0.4, 0.5) is 0 Å². The topological polar surface area (TPSA) is 61.9 Å². The molecule has 1 aliphatic rings. The Hall–Kier alpha value is -1.14. The number of amides is 2. The Balaban J connectivity index is 2.29. The van der Waals surface area contributed by atoms with Crippen LogP contribution < -0.4 is 5.32 Å². The maximum Gasteiger partial charge on any atom is 0.225 e. The fourth-order valence-corrected chi connectivity index (χ4v) is 2.16. The first kappa shape index (κ1) is 15.9. The average Bonchev–Trinajstić information content (AvgIpc) is 2.71. The first-order chi connectivity index (χ1) is 9.04. The Kier molecular flexibility index (Phi) is 6.80. The third-order valence-electron chi connectivity index (χ3n) is 3.22. The summed E-state index contributed by atoms with van der Waals surface area (Å²) in [4.78, 5) is 27.5. The van der Waals surface area contributed by atoms with Gasteiger partial charge in [-0.05, 0) is 27.1 Å². The van der Waals surface area contributed by atoms with Gasteiger partial charge in [0.2, 0.25) is 11.8 Å². The zero-order valence-electron chi connectivity index (χ0n) is 12.1. The predicted octanol–water partition coefficient (Wildman–Crippen LogP) is -0.451. The van der Waals surface area contributed by atoms with Crippen molar-refractivity contribution in [3.8, 4) is 0 Å². The molecule has 0 aromatic rings. The lowest BCUT2D eigenvalue weighted by Crippen LogP contribution is -2.35. The van der Waals surface area contributed by atoms with Crippen LogP contribution >= 0.6 is 0 Å². The highest BCUT2D eigenvalue weighted by atomic mass is 16.5. The highest BCUT2D eigenvalue weighted by Crippen LogP contribution is 2.18. The summed E-state index contributed by atoms with van der Waals surface area (Å²) >= 11 is 0. The molecule has 6 nitrogen and oxygen atoms in total. The summed E-state index contributed by atoms with van der Waals surface area (Å²) in [7, 11) is 5.62. The van der Waals surface area contributed by atoms with Crippen LogP contribution in [-0.2, 0) is 14.3 Å². The molecule has 110 valence electrons. The third kappa shape index (κ3) is 5.57. The zero-order chi connectivity index (χ0) is 14.3. The number of nitrogens with one attached hydrogen (secondary N) is 1. The van der Waals surface area contributed by atoms with Gasteiger partial charge in [-0.15, -0.1) is 0 Å². The summed E-state index contributed by atoms with van der Waals surface area (Å²) in [6, 6.07) is 0. The van der Waals surface area contributed by atoms with Gasteiger partial charge in [-0.2, -0.15) is 0 Å². The third-order valence-corrected chi connectivity index (χ3v) is 3.22. The lowest BCUT2D eigenvalue weighted by atomic mass is 10.1. The van der Waals surface area contributed by atoms with Crippen LogP contribution in [0.15, 0.2) is 0 Å². The number of hydrogen-bond donors (Lipinski definition) is 1. The molecule has 0 aromatic heterocycles. The van der Waals surface area contributed by atoms with Crippen molar-refractivity contribution in [3.63, 3.8) is 0 Å². The van der Waals surface area contributed by atoms with Crippen molar-refractivity contribution in [2.75, 3.05) is 54.0 Å². The second kappa shape index (κ2) is 8.12. The molecule has 6 heteroatoms. The summed E-state index contributed by atoms with van der Waals surface area (Å²) in [6.07, 6.45) is 1.28. The summed E-state index contributed by atoms with van der Waals surface area (Å²) < 4.78 is 4.88. The second-order valence-electron chi connectivity index (χ2n) is 5.18. The number of carbonyl (C=O) groups excluding carboxylic acids is 2. The number of methoxy groups -OCH3 is 1. The Morgan fingerprint density at radius 3 is 2.89 bits per heavy atom. The predicted molar refractivity (Wildman–Crippen MR) is 72.7 cm³/mol. The van der Waals surface area contributed by atoms with Gasteiger partial charge in [0.15, 0.2) is 0 Å². The van der Waals surface area contributed by atoms with Gasteiger partial charge in [0.25, 0.3) is 0 Å². The Bertz CT molecular complexity index is 308. The quantitative estimate of drug-likeness (QED) is 0.607. The van der Waals surface area contributed by atoms with E-state index in [9.17, 15) is 9.59 Å². The maximum absolute atomic E-state index is 11.8. The SMILES string of the molecule is COCCNC(=O)C1CC(=O)N(CCCN(C)C)C1. The van der Waals surface area contributed by atoms with Gasteiger partial charge in [0, 0.05) is 33.2 Å². The highest BCUT2D eigenvalue weighted by Gasteiger charge is 2.33. The van der Waals surface area contributed by atoms with Crippen molar-refractivity contribution < 1.29 is 14.3 Å². The van der Waals surface area contributed by atoms with E-state index in [-0.39, 0.29) is 17.7 Å². The van der Waals surface area contributed by atoms with Gasteiger partial charge < -0.3 is 19.9 Å². The highest BCUT2D eigenvalue weighted by molar-refractivity contribution is 5.89. The molecule has 1 atom stereocenters. The van der Waals surface area contributed by atoms with Gasteiger partial charge in [0.1, 0.15) is 0 Å². The Morgan fingerprint density at radius 1 is 1.53 bits per heavy atom. The van der Waals surface area contributed by atoms with Crippen molar-refractivity contribution in [3.05, 3.63) is 0 Å². The minimum absolute atomic E-state index is 0.0412. The van der Waals surface area contributed by atoms with Crippen LogP contribution in [0, 0.1) is 5.92 Å². The molecule has 1 fully saturated rings. The average molecular weight is 271 g/mol. The lowest BCUT2D eigenvalue weighted by Gasteiger charge is -2.18. The van der Waals surface area contributed by atoms with Crippen LogP contribution in [0.3, 0.4) is 0 Å². The maximum atomic E-state index is 11.8. The van der Waals surface area contributed by atoms with Crippen molar-refractivity contribution in [2.24, 2.45) is 5.92 Å². The lowest BCUT2D eigenvalue weighted by molar-refractivity contribution is -0.129.